The van der Waals surface area contributed by atoms with Crippen LogP contribution >= 0.6 is 0 Å². The van der Waals surface area contributed by atoms with E-state index in [0.717, 1.165) is 0 Å². The number of carbonyl (C=O) groups excluding carboxylic acids is 3. The summed E-state index contributed by atoms with van der Waals surface area (Å²) in [5.41, 5.74) is 0.290. The van der Waals surface area contributed by atoms with Crippen LogP contribution in [0.2, 0.25) is 0 Å². The molecule has 0 spiro atoms. The van der Waals surface area contributed by atoms with Gasteiger partial charge in [0.1, 0.15) is 0 Å². The average Bonchev–Trinajstić information content (AvgIpc) is 2.69. The fourth-order valence-corrected chi connectivity index (χ4v) is 2.46. The van der Waals surface area contributed by atoms with Crippen LogP contribution in [0.5, 0.6) is 0 Å². The minimum absolute atomic E-state index is 0.225. The van der Waals surface area contributed by atoms with Crippen molar-refractivity contribution < 1.29 is 19.1 Å². The van der Waals surface area contributed by atoms with Crippen LogP contribution in [0.15, 0.2) is 59.4 Å². The Morgan fingerprint density at radius 3 is 2.37 bits per heavy atom. The third kappa shape index (κ3) is 4.43. The molecule has 0 saturated carbocycles. The number of ether oxygens (including phenoxy) is 1. The SMILES string of the molecule is O=C(COC(=O)Cc1n[nH]c(=O)c2ccccc12)NC(=O)c1ccccc1. The maximum Gasteiger partial charge on any atom is 0.312 e. The summed E-state index contributed by atoms with van der Waals surface area (Å²) in [7, 11) is 0. The number of nitrogens with one attached hydrogen (secondary N) is 2. The molecule has 8 heteroatoms. The van der Waals surface area contributed by atoms with E-state index in [-0.39, 0.29) is 12.0 Å². The second kappa shape index (κ2) is 8.05. The lowest BCUT2D eigenvalue weighted by molar-refractivity contribution is -0.147. The summed E-state index contributed by atoms with van der Waals surface area (Å²) in [5.74, 6) is -2.02. The van der Waals surface area contributed by atoms with Crippen LogP contribution in [0.1, 0.15) is 16.1 Å². The molecule has 136 valence electrons. The number of imide groups is 1. The number of carbonyl (C=O) groups is 3. The first kappa shape index (κ1) is 18.0. The van der Waals surface area contributed by atoms with Crippen molar-refractivity contribution in [1.82, 2.24) is 15.5 Å². The molecule has 3 rings (SSSR count). The summed E-state index contributed by atoms with van der Waals surface area (Å²) < 4.78 is 4.89. The third-order valence-electron chi connectivity index (χ3n) is 3.74. The number of rotatable bonds is 5. The number of fused-ring (bicyclic) bond motifs is 1. The number of aromatic nitrogens is 2. The van der Waals surface area contributed by atoms with E-state index < -0.39 is 24.4 Å². The Kier molecular flexibility index (Phi) is 5.36. The lowest BCUT2D eigenvalue weighted by atomic mass is 10.1. The van der Waals surface area contributed by atoms with Gasteiger partial charge in [0.05, 0.1) is 17.5 Å². The van der Waals surface area contributed by atoms with Gasteiger partial charge in [0, 0.05) is 10.9 Å². The second-order valence-corrected chi connectivity index (χ2v) is 5.63. The molecule has 8 nitrogen and oxygen atoms in total. The molecular formula is C19H15N3O5. The van der Waals surface area contributed by atoms with Crippen LogP contribution in [0, 0.1) is 0 Å². The number of aromatic amines is 1. The van der Waals surface area contributed by atoms with Crippen LogP contribution in [0.4, 0.5) is 0 Å². The zero-order valence-corrected chi connectivity index (χ0v) is 14.1. The third-order valence-corrected chi connectivity index (χ3v) is 3.74. The van der Waals surface area contributed by atoms with E-state index in [0.29, 0.717) is 22.0 Å². The maximum atomic E-state index is 12.0. The Balaban J connectivity index is 1.57. The van der Waals surface area contributed by atoms with Crippen LogP contribution < -0.4 is 10.9 Å². The molecule has 1 aromatic heterocycles. The molecule has 0 saturated heterocycles. The largest absolute Gasteiger partial charge is 0.455 e. The highest BCUT2D eigenvalue weighted by molar-refractivity contribution is 6.05. The molecule has 3 aromatic rings. The van der Waals surface area contributed by atoms with Crippen molar-refractivity contribution >= 4 is 28.6 Å². The van der Waals surface area contributed by atoms with Gasteiger partial charge in [-0.1, -0.05) is 36.4 Å². The fraction of sp³-hybridized carbons (Fsp3) is 0.105. The molecule has 2 aromatic carbocycles. The van der Waals surface area contributed by atoms with E-state index in [4.69, 9.17) is 4.74 Å². The minimum atomic E-state index is -0.739. The van der Waals surface area contributed by atoms with Crippen molar-refractivity contribution in [3.05, 3.63) is 76.2 Å². The van der Waals surface area contributed by atoms with Gasteiger partial charge in [-0.15, -0.1) is 0 Å². The predicted octanol–water partition coefficient (Wildman–Crippen LogP) is 0.965. The Morgan fingerprint density at radius 1 is 0.963 bits per heavy atom. The van der Waals surface area contributed by atoms with Crippen molar-refractivity contribution in [2.24, 2.45) is 0 Å². The maximum absolute atomic E-state index is 12.0. The minimum Gasteiger partial charge on any atom is -0.455 e. The van der Waals surface area contributed by atoms with Crippen LogP contribution in [0.25, 0.3) is 10.8 Å². The summed E-state index contributed by atoms with van der Waals surface area (Å²) in [5, 5.41) is 9.26. The summed E-state index contributed by atoms with van der Waals surface area (Å²) in [4.78, 5) is 47.3. The quantitative estimate of drug-likeness (QED) is 0.650. The van der Waals surface area contributed by atoms with Gasteiger partial charge in [-0.25, -0.2) is 5.10 Å². The van der Waals surface area contributed by atoms with Crippen LogP contribution in [-0.4, -0.2) is 34.6 Å². The number of esters is 1. The van der Waals surface area contributed by atoms with Gasteiger partial charge in [0.25, 0.3) is 17.4 Å². The molecule has 1 heterocycles. The lowest BCUT2D eigenvalue weighted by Gasteiger charge is -2.07. The van der Waals surface area contributed by atoms with E-state index >= 15 is 0 Å². The molecule has 0 bridgehead atoms. The summed E-state index contributed by atoms with van der Waals surface area (Å²) in [6.45, 7) is -0.599. The van der Waals surface area contributed by atoms with Crippen molar-refractivity contribution in [1.29, 1.82) is 0 Å². The molecule has 0 unspecified atom stereocenters. The zero-order chi connectivity index (χ0) is 19.2. The van der Waals surface area contributed by atoms with Crippen molar-refractivity contribution in [3.8, 4) is 0 Å². The Hall–Kier alpha value is -3.81. The van der Waals surface area contributed by atoms with E-state index in [2.05, 4.69) is 15.5 Å². The Morgan fingerprint density at radius 2 is 1.63 bits per heavy atom. The van der Waals surface area contributed by atoms with Crippen LogP contribution in [0.3, 0.4) is 0 Å². The number of hydrogen-bond donors (Lipinski definition) is 2. The second-order valence-electron chi connectivity index (χ2n) is 5.63. The van der Waals surface area contributed by atoms with Crippen molar-refractivity contribution in [3.63, 3.8) is 0 Å². The number of hydrogen-bond acceptors (Lipinski definition) is 6. The topological polar surface area (TPSA) is 118 Å². The standard InChI is InChI=1S/C19H15N3O5/c23-16(20-18(25)12-6-2-1-3-7-12)11-27-17(24)10-15-13-8-4-5-9-14(13)19(26)22-21-15/h1-9H,10-11H2,(H,22,26)(H,20,23,25). The Labute approximate surface area is 153 Å². The molecule has 0 aliphatic heterocycles. The van der Waals surface area contributed by atoms with Gasteiger partial charge in [0.2, 0.25) is 0 Å². The highest BCUT2D eigenvalue weighted by Gasteiger charge is 2.15. The lowest BCUT2D eigenvalue weighted by Crippen LogP contribution is -2.34. The van der Waals surface area contributed by atoms with Gasteiger partial charge in [0.15, 0.2) is 6.61 Å². The normalized spacial score (nSPS) is 10.4. The monoisotopic (exact) mass is 365 g/mol. The summed E-state index contributed by atoms with van der Waals surface area (Å²) in [6.07, 6.45) is -0.225. The van der Waals surface area contributed by atoms with Gasteiger partial charge in [-0.05, 0) is 18.2 Å². The molecule has 0 fully saturated rings. The number of H-pyrrole nitrogens is 1. The number of amides is 2. The first-order valence-electron chi connectivity index (χ1n) is 8.06. The van der Waals surface area contributed by atoms with E-state index in [1.54, 1.807) is 54.6 Å². The highest BCUT2D eigenvalue weighted by Crippen LogP contribution is 2.13. The van der Waals surface area contributed by atoms with Gasteiger partial charge in [-0.2, -0.15) is 5.10 Å². The fourth-order valence-electron chi connectivity index (χ4n) is 2.46. The van der Waals surface area contributed by atoms with E-state index in [9.17, 15) is 19.2 Å². The van der Waals surface area contributed by atoms with Gasteiger partial charge >= 0.3 is 5.97 Å². The first-order valence-corrected chi connectivity index (χ1v) is 8.06. The van der Waals surface area contributed by atoms with Crippen molar-refractivity contribution in [2.75, 3.05) is 6.61 Å². The zero-order valence-electron chi connectivity index (χ0n) is 14.1. The Bertz CT molecular complexity index is 1060. The molecular weight excluding hydrogens is 350 g/mol. The predicted molar refractivity (Wildman–Crippen MR) is 95.9 cm³/mol. The number of benzene rings is 2. The molecule has 0 atom stereocenters. The molecule has 0 aliphatic rings. The molecule has 2 amide bonds. The highest BCUT2D eigenvalue weighted by atomic mass is 16.5. The molecule has 0 radical (unpaired) electrons. The van der Waals surface area contributed by atoms with Crippen molar-refractivity contribution in [2.45, 2.75) is 6.42 Å². The summed E-state index contributed by atoms with van der Waals surface area (Å²) in [6, 6.07) is 14.9. The van der Waals surface area contributed by atoms with Crippen LogP contribution in [-0.2, 0) is 20.7 Å². The van der Waals surface area contributed by atoms with Gasteiger partial charge in [-0.3, -0.25) is 24.5 Å². The first-order chi connectivity index (χ1) is 13.0. The van der Waals surface area contributed by atoms with E-state index in [1.165, 1.54) is 0 Å². The summed E-state index contributed by atoms with van der Waals surface area (Å²) >= 11 is 0. The molecule has 0 aliphatic carbocycles. The molecule has 2 N–H and O–H groups in total. The van der Waals surface area contributed by atoms with E-state index in [1.807, 2.05) is 0 Å². The smallest absolute Gasteiger partial charge is 0.312 e. The number of nitrogens with zero attached hydrogens (tertiary/aromatic N) is 1. The average molecular weight is 365 g/mol. The molecule has 27 heavy (non-hydrogen) atoms. The van der Waals surface area contributed by atoms with Gasteiger partial charge < -0.3 is 4.74 Å².